The van der Waals surface area contributed by atoms with Crippen LogP contribution in [0.5, 0.6) is 0 Å². The van der Waals surface area contributed by atoms with Crippen molar-refractivity contribution in [3.05, 3.63) is 206 Å². The quantitative estimate of drug-likeness (QED) is 0.162. The smallest absolute Gasteiger partial charge is 0.164 e. The fraction of sp³-hybridized carbons (Fsp3) is 0. The van der Waals surface area contributed by atoms with Gasteiger partial charge in [-0.15, -0.1) is 11.3 Å². The maximum Gasteiger partial charge on any atom is 0.164 e. The Morgan fingerprint density at radius 1 is 0.305 bits per heavy atom. The largest absolute Gasteiger partial charge is 0.247 e. The summed E-state index contributed by atoms with van der Waals surface area (Å²) in [5.74, 6) is 1.86. The van der Waals surface area contributed by atoms with Crippen LogP contribution in [-0.4, -0.2) is 19.9 Å². The fourth-order valence-electron chi connectivity index (χ4n) is 8.02. The van der Waals surface area contributed by atoms with Gasteiger partial charge in [0.25, 0.3) is 0 Å². The van der Waals surface area contributed by atoms with Gasteiger partial charge in [0.1, 0.15) is 0 Å². The molecule has 11 aromatic rings. The summed E-state index contributed by atoms with van der Waals surface area (Å²) in [5, 5.41) is 3.56. The molecule has 0 fully saturated rings. The first kappa shape index (κ1) is 34.6. The monoisotopic (exact) mass is 770 g/mol. The van der Waals surface area contributed by atoms with E-state index in [1.165, 1.54) is 31.3 Å². The van der Waals surface area contributed by atoms with Gasteiger partial charge >= 0.3 is 0 Å². The molecule has 276 valence electrons. The number of pyridine rings is 1. The second-order valence-corrected chi connectivity index (χ2v) is 15.7. The molecule has 0 atom stereocenters. The van der Waals surface area contributed by atoms with Crippen LogP contribution < -0.4 is 0 Å². The zero-order valence-electron chi connectivity index (χ0n) is 31.8. The van der Waals surface area contributed by atoms with Crippen molar-refractivity contribution in [2.45, 2.75) is 0 Å². The lowest BCUT2D eigenvalue weighted by Gasteiger charge is -2.13. The van der Waals surface area contributed by atoms with Crippen LogP contribution in [0.1, 0.15) is 0 Å². The molecule has 0 aliphatic rings. The molecule has 0 unspecified atom stereocenters. The SMILES string of the molecule is c1ccc(-c2ccc(-c3nc(-c4ccc(-c5ccccc5)cc4)nc(-c4cccc(-c5cccc6nc(-c7ccccc7)c7c8ccccc8sc7c56)c4)n3)cc2)cc1. The van der Waals surface area contributed by atoms with Crippen LogP contribution in [0.2, 0.25) is 0 Å². The van der Waals surface area contributed by atoms with Crippen molar-refractivity contribution < 1.29 is 0 Å². The van der Waals surface area contributed by atoms with Crippen LogP contribution in [-0.2, 0) is 0 Å². The molecule has 3 aromatic heterocycles. The van der Waals surface area contributed by atoms with Crippen LogP contribution in [0, 0.1) is 0 Å². The Labute approximate surface area is 345 Å². The van der Waals surface area contributed by atoms with E-state index in [9.17, 15) is 0 Å². The third-order valence-corrected chi connectivity index (χ3v) is 12.1. The Hall–Kier alpha value is -7.60. The van der Waals surface area contributed by atoms with E-state index in [2.05, 4.69) is 194 Å². The minimum Gasteiger partial charge on any atom is -0.247 e. The van der Waals surface area contributed by atoms with Crippen LogP contribution in [0.15, 0.2) is 206 Å². The van der Waals surface area contributed by atoms with Crippen molar-refractivity contribution in [1.29, 1.82) is 0 Å². The van der Waals surface area contributed by atoms with Gasteiger partial charge in [-0.05, 0) is 51.6 Å². The summed E-state index contributed by atoms with van der Waals surface area (Å²) < 4.78 is 2.48. The van der Waals surface area contributed by atoms with E-state index < -0.39 is 0 Å². The highest BCUT2D eigenvalue weighted by Crippen LogP contribution is 2.45. The average Bonchev–Trinajstić information content (AvgIpc) is 3.72. The number of thiophene rings is 1. The second-order valence-electron chi connectivity index (χ2n) is 14.6. The van der Waals surface area contributed by atoms with E-state index >= 15 is 0 Å². The van der Waals surface area contributed by atoms with Crippen molar-refractivity contribution in [1.82, 2.24) is 19.9 Å². The van der Waals surface area contributed by atoms with E-state index in [0.717, 1.165) is 61.1 Å². The van der Waals surface area contributed by atoms with E-state index in [1.54, 1.807) is 0 Å². The van der Waals surface area contributed by atoms with Gasteiger partial charge in [-0.25, -0.2) is 19.9 Å². The molecule has 0 N–H and O–H groups in total. The van der Waals surface area contributed by atoms with Crippen molar-refractivity contribution >= 4 is 42.4 Å². The molecular weight excluding hydrogens is 737 g/mol. The predicted octanol–water partition coefficient (Wildman–Crippen LogP) is 14.5. The Morgan fingerprint density at radius 2 is 0.763 bits per heavy atom. The van der Waals surface area contributed by atoms with Gasteiger partial charge in [-0.3, -0.25) is 0 Å². The molecule has 0 radical (unpaired) electrons. The van der Waals surface area contributed by atoms with Gasteiger partial charge in [-0.1, -0.05) is 188 Å². The predicted molar refractivity (Wildman–Crippen MR) is 246 cm³/mol. The summed E-state index contributed by atoms with van der Waals surface area (Å²) in [4.78, 5) is 20.8. The van der Waals surface area contributed by atoms with E-state index in [-0.39, 0.29) is 0 Å². The van der Waals surface area contributed by atoms with E-state index in [4.69, 9.17) is 19.9 Å². The standard InChI is InChI=1S/C54H34N4S/c1-4-14-35(15-5-1)37-26-30-40(31-27-37)52-56-53(41-32-28-38(29-33-41)36-16-6-2-7-17-36)58-54(57-52)43-21-12-20-42(34-43)44-23-13-24-46-48(44)51-49(45-22-10-11-25-47(45)59-51)50(55-46)39-18-8-3-9-19-39/h1-34H. The average molecular weight is 771 g/mol. The van der Waals surface area contributed by atoms with E-state index in [1.807, 2.05) is 23.5 Å². The Balaban J connectivity index is 1.06. The summed E-state index contributed by atoms with van der Waals surface area (Å²) in [6.45, 7) is 0. The van der Waals surface area contributed by atoms with Crippen LogP contribution in [0.25, 0.3) is 110 Å². The molecule has 0 bridgehead atoms. The topological polar surface area (TPSA) is 51.6 Å². The second kappa shape index (κ2) is 14.7. The zero-order chi connectivity index (χ0) is 39.1. The number of fused-ring (bicyclic) bond motifs is 5. The number of hydrogen-bond acceptors (Lipinski definition) is 5. The molecule has 0 saturated heterocycles. The number of nitrogens with zero attached hydrogens (tertiary/aromatic N) is 4. The highest BCUT2D eigenvalue weighted by molar-refractivity contribution is 7.26. The number of benzene rings is 8. The van der Waals surface area contributed by atoms with Crippen molar-refractivity contribution in [2.24, 2.45) is 0 Å². The molecule has 3 heterocycles. The van der Waals surface area contributed by atoms with Crippen molar-refractivity contribution in [3.63, 3.8) is 0 Å². The molecule has 0 amide bonds. The van der Waals surface area contributed by atoms with E-state index in [0.29, 0.717) is 17.5 Å². The maximum atomic E-state index is 5.38. The molecule has 11 rings (SSSR count). The summed E-state index contributed by atoms with van der Waals surface area (Å²) in [7, 11) is 0. The first-order valence-corrected chi connectivity index (χ1v) is 20.5. The minimum atomic E-state index is 0.614. The van der Waals surface area contributed by atoms with Crippen LogP contribution in [0.3, 0.4) is 0 Å². The summed E-state index contributed by atoms with van der Waals surface area (Å²) in [5.41, 5.74) is 12.7. The molecule has 5 heteroatoms. The van der Waals surface area contributed by atoms with Gasteiger partial charge in [-0.2, -0.15) is 0 Å². The Bertz CT molecular complexity index is 3190. The van der Waals surface area contributed by atoms with Gasteiger partial charge < -0.3 is 0 Å². The molecular formula is C54H34N4S. The third-order valence-electron chi connectivity index (χ3n) is 10.9. The first-order valence-electron chi connectivity index (χ1n) is 19.7. The molecule has 0 aliphatic carbocycles. The molecule has 0 saturated carbocycles. The lowest BCUT2D eigenvalue weighted by molar-refractivity contribution is 1.07. The van der Waals surface area contributed by atoms with Crippen LogP contribution >= 0.6 is 11.3 Å². The lowest BCUT2D eigenvalue weighted by Crippen LogP contribution is -2.00. The van der Waals surface area contributed by atoms with Gasteiger partial charge in [0, 0.05) is 47.8 Å². The minimum absolute atomic E-state index is 0.614. The molecule has 4 nitrogen and oxygen atoms in total. The molecule has 59 heavy (non-hydrogen) atoms. The Kier molecular flexibility index (Phi) is 8.64. The van der Waals surface area contributed by atoms with Gasteiger partial charge in [0.2, 0.25) is 0 Å². The maximum absolute atomic E-state index is 5.38. The molecule has 8 aromatic carbocycles. The highest BCUT2D eigenvalue weighted by atomic mass is 32.1. The fourth-order valence-corrected chi connectivity index (χ4v) is 9.30. The molecule has 0 aliphatic heterocycles. The first-order chi connectivity index (χ1) is 29.2. The normalized spacial score (nSPS) is 11.4. The summed E-state index contributed by atoms with van der Waals surface area (Å²) in [6, 6.07) is 72.0. The molecule has 0 spiro atoms. The van der Waals surface area contributed by atoms with Crippen molar-refractivity contribution in [3.8, 4) is 78.8 Å². The highest BCUT2D eigenvalue weighted by Gasteiger charge is 2.20. The Morgan fingerprint density at radius 3 is 1.37 bits per heavy atom. The summed E-state index contributed by atoms with van der Waals surface area (Å²) >= 11 is 1.83. The number of rotatable bonds is 7. The van der Waals surface area contributed by atoms with Gasteiger partial charge in [0.05, 0.1) is 11.2 Å². The third kappa shape index (κ3) is 6.44. The van der Waals surface area contributed by atoms with Crippen molar-refractivity contribution in [2.75, 3.05) is 0 Å². The zero-order valence-corrected chi connectivity index (χ0v) is 32.6. The lowest BCUT2D eigenvalue weighted by atomic mass is 9.96. The van der Waals surface area contributed by atoms with Crippen LogP contribution in [0.4, 0.5) is 0 Å². The van der Waals surface area contributed by atoms with Gasteiger partial charge in [0.15, 0.2) is 17.5 Å². The summed E-state index contributed by atoms with van der Waals surface area (Å²) in [6.07, 6.45) is 0. The number of aromatic nitrogens is 4. The number of hydrogen-bond donors (Lipinski definition) is 0.